The van der Waals surface area contributed by atoms with Crippen LogP contribution in [0.2, 0.25) is 0 Å². The van der Waals surface area contributed by atoms with Crippen LogP contribution >= 0.6 is 34.4 Å². The molecule has 0 saturated carbocycles. The Bertz CT molecular complexity index is 1010. The molecule has 0 radical (unpaired) electrons. The molecule has 3 aromatic heterocycles. The zero-order chi connectivity index (χ0) is 18.5. The van der Waals surface area contributed by atoms with Gasteiger partial charge in [-0.25, -0.2) is 4.68 Å². The fraction of sp³-hybridized carbons (Fsp3) is 0.118. The van der Waals surface area contributed by atoms with Crippen molar-refractivity contribution < 1.29 is 4.79 Å². The molecule has 0 spiro atoms. The van der Waals surface area contributed by atoms with Gasteiger partial charge in [-0.3, -0.25) is 10.1 Å². The van der Waals surface area contributed by atoms with Gasteiger partial charge in [0.15, 0.2) is 10.0 Å². The summed E-state index contributed by atoms with van der Waals surface area (Å²) in [5.41, 5.74) is 1.33. The van der Waals surface area contributed by atoms with Crippen LogP contribution in [-0.4, -0.2) is 31.1 Å². The number of thioether (sulfide) groups is 1. The molecular formula is C17H14N6OS3. The molecule has 0 fully saturated rings. The van der Waals surface area contributed by atoms with Gasteiger partial charge in [-0.2, -0.15) is 0 Å². The number of hydrogen-bond acceptors (Lipinski definition) is 8. The summed E-state index contributed by atoms with van der Waals surface area (Å²) >= 11 is 4.65. The first-order valence-corrected chi connectivity index (χ1v) is 10.7. The van der Waals surface area contributed by atoms with Crippen molar-refractivity contribution in [3.63, 3.8) is 0 Å². The van der Waals surface area contributed by atoms with Gasteiger partial charge >= 0.3 is 0 Å². The summed E-state index contributed by atoms with van der Waals surface area (Å²) in [5.74, 6) is 0.494. The average molecular weight is 415 g/mol. The van der Waals surface area contributed by atoms with E-state index in [1.807, 2.05) is 41.8 Å². The lowest BCUT2D eigenvalue weighted by Gasteiger charge is -1.99. The van der Waals surface area contributed by atoms with Crippen molar-refractivity contribution in [3.8, 4) is 0 Å². The van der Waals surface area contributed by atoms with E-state index in [0.717, 1.165) is 15.7 Å². The number of amides is 1. The number of hydrogen-bond donors (Lipinski definition) is 1. The molecule has 3 heterocycles. The summed E-state index contributed by atoms with van der Waals surface area (Å²) in [6.45, 7) is 0.559. The average Bonchev–Trinajstić information content (AvgIpc) is 3.43. The SMILES string of the molecule is O=C(Nc1nnc(SCc2cccs2)s1)c1cn(Cc2ccccc2)nn1. The first-order valence-electron chi connectivity index (χ1n) is 8.00. The zero-order valence-corrected chi connectivity index (χ0v) is 16.4. The Labute approximate surface area is 167 Å². The lowest BCUT2D eigenvalue weighted by molar-refractivity contribution is 0.102. The molecule has 1 aromatic carbocycles. The molecule has 0 unspecified atom stereocenters. The summed E-state index contributed by atoms with van der Waals surface area (Å²) < 4.78 is 2.44. The number of nitrogens with one attached hydrogen (secondary N) is 1. The van der Waals surface area contributed by atoms with Crippen LogP contribution in [0.25, 0.3) is 0 Å². The Balaban J connectivity index is 1.34. The van der Waals surface area contributed by atoms with Gasteiger partial charge in [0.1, 0.15) is 0 Å². The normalized spacial score (nSPS) is 10.8. The Morgan fingerprint density at radius 3 is 2.81 bits per heavy atom. The second kappa shape index (κ2) is 8.42. The molecule has 0 bridgehead atoms. The van der Waals surface area contributed by atoms with E-state index in [9.17, 15) is 4.79 Å². The van der Waals surface area contributed by atoms with E-state index in [2.05, 4.69) is 31.9 Å². The molecule has 0 aliphatic carbocycles. The van der Waals surface area contributed by atoms with E-state index in [0.29, 0.717) is 11.7 Å². The minimum absolute atomic E-state index is 0.244. The summed E-state index contributed by atoms with van der Waals surface area (Å²) in [5, 5.41) is 21.3. The van der Waals surface area contributed by atoms with Gasteiger partial charge in [-0.15, -0.1) is 26.6 Å². The third-order valence-corrected chi connectivity index (χ3v) is 6.58. The third-order valence-electron chi connectivity index (χ3n) is 3.50. The third kappa shape index (κ3) is 4.79. The molecule has 0 saturated heterocycles. The van der Waals surface area contributed by atoms with E-state index < -0.39 is 0 Å². The number of nitrogens with zero attached hydrogens (tertiary/aromatic N) is 5. The number of carbonyl (C=O) groups is 1. The molecule has 1 amide bonds. The van der Waals surface area contributed by atoms with Gasteiger partial charge in [0.25, 0.3) is 5.91 Å². The van der Waals surface area contributed by atoms with Gasteiger partial charge in [-0.05, 0) is 17.0 Å². The number of thiophene rings is 1. The number of benzene rings is 1. The summed E-state index contributed by atoms with van der Waals surface area (Å²) in [7, 11) is 0. The van der Waals surface area contributed by atoms with Crippen molar-refractivity contribution in [2.45, 2.75) is 16.6 Å². The molecule has 7 nitrogen and oxygen atoms in total. The van der Waals surface area contributed by atoms with Crippen LogP contribution in [-0.2, 0) is 12.3 Å². The monoisotopic (exact) mass is 414 g/mol. The van der Waals surface area contributed by atoms with Crippen LogP contribution in [0, 0.1) is 0 Å². The van der Waals surface area contributed by atoms with Gasteiger partial charge < -0.3 is 0 Å². The van der Waals surface area contributed by atoms with Crippen molar-refractivity contribution in [2.24, 2.45) is 0 Å². The topological polar surface area (TPSA) is 85.6 Å². The second-order valence-corrected chi connectivity index (χ2v) is 8.71. The first-order chi connectivity index (χ1) is 13.3. The lowest BCUT2D eigenvalue weighted by Crippen LogP contribution is -2.12. The molecular weight excluding hydrogens is 400 g/mol. The predicted octanol–water partition coefficient (Wildman–Crippen LogP) is 3.78. The van der Waals surface area contributed by atoms with Crippen LogP contribution < -0.4 is 5.32 Å². The number of rotatable bonds is 7. The first kappa shape index (κ1) is 17.8. The molecule has 0 aliphatic rings. The minimum atomic E-state index is -0.347. The van der Waals surface area contributed by atoms with Crippen molar-refractivity contribution in [1.82, 2.24) is 25.2 Å². The van der Waals surface area contributed by atoms with Crippen LogP contribution in [0.1, 0.15) is 20.9 Å². The maximum atomic E-state index is 12.3. The standard InChI is InChI=1S/C17H14N6OS3/c24-15(14-10-23(22-19-14)9-12-5-2-1-3-6-12)18-16-20-21-17(27-16)26-11-13-7-4-8-25-13/h1-8,10H,9,11H2,(H,18,20,24). The van der Waals surface area contributed by atoms with E-state index in [4.69, 9.17) is 0 Å². The second-order valence-electron chi connectivity index (χ2n) is 5.48. The van der Waals surface area contributed by atoms with E-state index in [1.165, 1.54) is 16.2 Å². The van der Waals surface area contributed by atoms with Crippen LogP contribution in [0.4, 0.5) is 5.13 Å². The summed E-state index contributed by atoms with van der Waals surface area (Å²) in [6, 6.07) is 14.0. The largest absolute Gasteiger partial charge is 0.295 e. The van der Waals surface area contributed by atoms with E-state index >= 15 is 0 Å². The summed E-state index contributed by atoms with van der Waals surface area (Å²) in [6.07, 6.45) is 1.62. The minimum Gasteiger partial charge on any atom is -0.295 e. The number of aromatic nitrogens is 5. The van der Waals surface area contributed by atoms with E-state index in [-0.39, 0.29) is 11.6 Å². The predicted molar refractivity (Wildman–Crippen MR) is 107 cm³/mol. The molecule has 1 N–H and O–H groups in total. The molecule has 0 aliphatic heterocycles. The number of carbonyl (C=O) groups excluding carboxylic acids is 1. The summed E-state index contributed by atoms with van der Waals surface area (Å²) in [4.78, 5) is 13.6. The van der Waals surface area contributed by atoms with Crippen molar-refractivity contribution in [3.05, 3.63) is 70.2 Å². The Hall–Kier alpha value is -2.56. The quantitative estimate of drug-likeness (QED) is 0.366. The highest BCUT2D eigenvalue weighted by Gasteiger charge is 2.14. The van der Waals surface area contributed by atoms with Crippen molar-refractivity contribution in [2.75, 3.05) is 5.32 Å². The molecule has 136 valence electrons. The molecule has 4 rings (SSSR count). The van der Waals surface area contributed by atoms with Crippen molar-refractivity contribution >= 4 is 45.5 Å². The maximum absolute atomic E-state index is 12.3. The van der Waals surface area contributed by atoms with Crippen LogP contribution in [0.5, 0.6) is 0 Å². The van der Waals surface area contributed by atoms with Gasteiger partial charge in [0.2, 0.25) is 5.13 Å². The van der Waals surface area contributed by atoms with Crippen molar-refractivity contribution in [1.29, 1.82) is 0 Å². The van der Waals surface area contributed by atoms with Gasteiger partial charge in [0, 0.05) is 10.6 Å². The fourth-order valence-electron chi connectivity index (χ4n) is 2.26. The Morgan fingerprint density at radius 1 is 1.11 bits per heavy atom. The molecule has 27 heavy (non-hydrogen) atoms. The molecule has 10 heteroatoms. The zero-order valence-electron chi connectivity index (χ0n) is 14.0. The smallest absolute Gasteiger partial charge is 0.279 e. The van der Waals surface area contributed by atoms with Gasteiger partial charge in [0.05, 0.1) is 12.7 Å². The molecule has 0 atom stereocenters. The Kier molecular flexibility index (Phi) is 5.56. The van der Waals surface area contributed by atoms with Gasteiger partial charge in [-0.1, -0.05) is 64.7 Å². The highest BCUT2D eigenvalue weighted by molar-refractivity contribution is 8.00. The number of anilines is 1. The van der Waals surface area contributed by atoms with Crippen LogP contribution in [0.3, 0.4) is 0 Å². The molecule has 4 aromatic rings. The maximum Gasteiger partial charge on any atom is 0.279 e. The lowest BCUT2D eigenvalue weighted by atomic mass is 10.2. The highest BCUT2D eigenvalue weighted by atomic mass is 32.2. The highest BCUT2D eigenvalue weighted by Crippen LogP contribution is 2.29. The van der Waals surface area contributed by atoms with E-state index in [1.54, 1.807) is 34.0 Å². The van der Waals surface area contributed by atoms with Crippen LogP contribution in [0.15, 0.2) is 58.4 Å². The Morgan fingerprint density at radius 2 is 2.00 bits per heavy atom. The fourth-order valence-corrected chi connectivity index (χ4v) is 4.78.